The molecule has 0 amide bonds. The van der Waals surface area contributed by atoms with Gasteiger partial charge in [-0.2, -0.15) is 0 Å². The standard InChI is InChI=1S/C15H17NO2.ClH/c16-15(12-7-4-8-13(17)10-12)14(18)9-11-5-2-1-3-6-11;/h1-8,10,14-15,17-18H,9,16H2;1H/t14-,15+;/m0./s1. The Bertz CT molecular complexity index is 505. The molecule has 0 heterocycles. The smallest absolute Gasteiger partial charge is 0.115 e. The average Bonchev–Trinajstić information content (AvgIpc) is 2.39. The number of aliphatic hydroxyl groups excluding tert-OH is 1. The fourth-order valence-corrected chi connectivity index (χ4v) is 1.94. The summed E-state index contributed by atoms with van der Waals surface area (Å²) in [6.45, 7) is 0. The Hall–Kier alpha value is -1.55. The molecule has 0 saturated carbocycles. The molecule has 4 N–H and O–H groups in total. The second kappa shape index (κ2) is 7.14. The molecule has 3 nitrogen and oxygen atoms in total. The van der Waals surface area contributed by atoms with E-state index in [-0.39, 0.29) is 18.2 Å². The molecule has 102 valence electrons. The zero-order valence-electron chi connectivity index (χ0n) is 10.4. The lowest BCUT2D eigenvalue weighted by atomic mass is 9.97. The highest BCUT2D eigenvalue weighted by Crippen LogP contribution is 2.21. The van der Waals surface area contributed by atoms with Crippen molar-refractivity contribution in [1.29, 1.82) is 0 Å². The van der Waals surface area contributed by atoms with Crippen molar-refractivity contribution in [1.82, 2.24) is 0 Å². The largest absolute Gasteiger partial charge is 0.508 e. The molecule has 0 saturated heterocycles. The van der Waals surface area contributed by atoms with E-state index in [0.29, 0.717) is 6.42 Å². The second-order valence-electron chi connectivity index (χ2n) is 4.38. The Kier molecular flexibility index (Phi) is 5.83. The van der Waals surface area contributed by atoms with Crippen molar-refractivity contribution in [3.8, 4) is 5.75 Å². The number of nitrogens with two attached hydrogens (primary N) is 1. The summed E-state index contributed by atoms with van der Waals surface area (Å²) in [5.74, 6) is 0.162. The molecule has 2 aromatic carbocycles. The van der Waals surface area contributed by atoms with E-state index in [4.69, 9.17) is 5.73 Å². The molecule has 0 aromatic heterocycles. The van der Waals surface area contributed by atoms with Crippen molar-refractivity contribution in [3.63, 3.8) is 0 Å². The molecule has 2 aromatic rings. The number of phenols is 1. The monoisotopic (exact) mass is 279 g/mol. The van der Waals surface area contributed by atoms with E-state index in [1.165, 1.54) is 0 Å². The first-order valence-corrected chi connectivity index (χ1v) is 5.93. The van der Waals surface area contributed by atoms with E-state index < -0.39 is 12.1 Å². The number of phenolic OH excluding ortho intramolecular Hbond substituents is 1. The number of hydrogen-bond donors (Lipinski definition) is 3. The van der Waals surface area contributed by atoms with Gasteiger partial charge >= 0.3 is 0 Å². The number of rotatable bonds is 4. The first-order chi connectivity index (χ1) is 8.66. The fourth-order valence-electron chi connectivity index (χ4n) is 1.94. The summed E-state index contributed by atoms with van der Waals surface area (Å²) in [4.78, 5) is 0. The van der Waals surface area contributed by atoms with Gasteiger partial charge in [0.1, 0.15) is 5.75 Å². The molecule has 0 spiro atoms. The van der Waals surface area contributed by atoms with Gasteiger partial charge in [0, 0.05) is 6.42 Å². The van der Waals surface area contributed by atoms with Crippen molar-refractivity contribution in [2.24, 2.45) is 5.73 Å². The van der Waals surface area contributed by atoms with Crippen LogP contribution in [0.15, 0.2) is 54.6 Å². The van der Waals surface area contributed by atoms with Crippen LogP contribution in [0.1, 0.15) is 17.2 Å². The fraction of sp³-hybridized carbons (Fsp3) is 0.200. The highest BCUT2D eigenvalue weighted by molar-refractivity contribution is 5.85. The van der Waals surface area contributed by atoms with Gasteiger partial charge < -0.3 is 15.9 Å². The molecule has 0 fully saturated rings. The molecule has 0 aliphatic rings. The lowest BCUT2D eigenvalue weighted by Gasteiger charge is -2.19. The van der Waals surface area contributed by atoms with E-state index in [1.54, 1.807) is 24.3 Å². The van der Waals surface area contributed by atoms with E-state index in [2.05, 4.69) is 0 Å². The lowest BCUT2D eigenvalue weighted by Crippen LogP contribution is -2.28. The van der Waals surface area contributed by atoms with Gasteiger partial charge in [0.25, 0.3) is 0 Å². The third-order valence-corrected chi connectivity index (χ3v) is 2.96. The zero-order valence-corrected chi connectivity index (χ0v) is 11.3. The van der Waals surface area contributed by atoms with E-state index in [9.17, 15) is 10.2 Å². The summed E-state index contributed by atoms with van der Waals surface area (Å²) >= 11 is 0. The van der Waals surface area contributed by atoms with E-state index in [0.717, 1.165) is 11.1 Å². The van der Waals surface area contributed by atoms with Crippen LogP contribution in [0.4, 0.5) is 0 Å². The van der Waals surface area contributed by atoms with Crippen molar-refractivity contribution in [2.75, 3.05) is 0 Å². The topological polar surface area (TPSA) is 66.5 Å². The summed E-state index contributed by atoms with van der Waals surface area (Å²) in [5, 5.41) is 19.5. The van der Waals surface area contributed by atoms with Crippen molar-refractivity contribution >= 4 is 12.4 Å². The van der Waals surface area contributed by atoms with Gasteiger partial charge in [-0.25, -0.2) is 0 Å². The number of aromatic hydroxyl groups is 1. The second-order valence-corrected chi connectivity index (χ2v) is 4.38. The Morgan fingerprint density at radius 2 is 1.68 bits per heavy atom. The van der Waals surface area contributed by atoms with Gasteiger partial charge in [0.05, 0.1) is 12.1 Å². The maximum absolute atomic E-state index is 10.1. The summed E-state index contributed by atoms with van der Waals surface area (Å²) in [7, 11) is 0. The van der Waals surface area contributed by atoms with Crippen molar-refractivity contribution in [2.45, 2.75) is 18.6 Å². The first kappa shape index (κ1) is 15.5. The Labute approximate surface area is 119 Å². The maximum Gasteiger partial charge on any atom is 0.115 e. The molecule has 4 heteroatoms. The normalized spacial score (nSPS) is 13.4. The maximum atomic E-state index is 10.1. The van der Waals surface area contributed by atoms with Crippen LogP contribution < -0.4 is 5.73 Å². The number of halogens is 1. The molecular formula is C15H18ClNO2. The molecule has 2 rings (SSSR count). The van der Waals surface area contributed by atoms with Crippen LogP contribution in [0.5, 0.6) is 5.75 Å². The van der Waals surface area contributed by atoms with Gasteiger partial charge in [-0.1, -0.05) is 42.5 Å². The third kappa shape index (κ3) is 4.24. The summed E-state index contributed by atoms with van der Waals surface area (Å²) in [6.07, 6.45) is -0.174. The summed E-state index contributed by atoms with van der Waals surface area (Å²) < 4.78 is 0. The van der Waals surface area contributed by atoms with Crippen LogP contribution in [0.25, 0.3) is 0 Å². The molecule has 0 radical (unpaired) electrons. The molecule has 0 aliphatic heterocycles. The molecule has 0 bridgehead atoms. The molecule has 0 aliphatic carbocycles. The van der Waals surface area contributed by atoms with Crippen LogP contribution in [-0.2, 0) is 6.42 Å². The molecule has 0 unspecified atom stereocenters. The Balaban J connectivity index is 0.00000180. The molecule has 19 heavy (non-hydrogen) atoms. The minimum atomic E-state index is -0.672. The van der Waals surface area contributed by atoms with Gasteiger partial charge in [0.15, 0.2) is 0 Å². The molecular weight excluding hydrogens is 262 g/mol. The highest BCUT2D eigenvalue weighted by atomic mass is 35.5. The third-order valence-electron chi connectivity index (χ3n) is 2.96. The molecule has 2 atom stereocenters. The Morgan fingerprint density at radius 3 is 2.32 bits per heavy atom. The summed E-state index contributed by atoms with van der Waals surface area (Å²) in [5.41, 5.74) is 7.77. The minimum Gasteiger partial charge on any atom is -0.508 e. The predicted octanol–water partition coefficient (Wildman–Crippen LogP) is 2.42. The van der Waals surface area contributed by atoms with Crippen molar-refractivity contribution < 1.29 is 10.2 Å². The van der Waals surface area contributed by atoms with Crippen LogP contribution in [0.3, 0.4) is 0 Å². The zero-order chi connectivity index (χ0) is 13.0. The van der Waals surface area contributed by atoms with Gasteiger partial charge in [-0.05, 0) is 23.3 Å². The van der Waals surface area contributed by atoms with Gasteiger partial charge in [-0.15, -0.1) is 12.4 Å². The Morgan fingerprint density at radius 1 is 1.00 bits per heavy atom. The van der Waals surface area contributed by atoms with Gasteiger partial charge in [-0.3, -0.25) is 0 Å². The number of aliphatic hydroxyl groups is 1. The highest BCUT2D eigenvalue weighted by Gasteiger charge is 2.17. The minimum absolute atomic E-state index is 0. The SMILES string of the molecule is Cl.N[C@H](c1cccc(O)c1)[C@@H](O)Cc1ccccc1. The average molecular weight is 280 g/mol. The van der Waals surface area contributed by atoms with Crippen LogP contribution in [0.2, 0.25) is 0 Å². The quantitative estimate of drug-likeness (QED) is 0.805. The van der Waals surface area contributed by atoms with E-state index in [1.807, 2.05) is 30.3 Å². The van der Waals surface area contributed by atoms with Gasteiger partial charge in [0.2, 0.25) is 0 Å². The predicted molar refractivity (Wildman–Crippen MR) is 78.4 cm³/mol. The van der Waals surface area contributed by atoms with Crippen molar-refractivity contribution in [3.05, 3.63) is 65.7 Å². The lowest BCUT2D eigenvalue weighted by molar-refractivity contribution is 0.145. The van der Waals surface area contributed by atoms with Crippen LogP contribution >= 0.6 is 12.4 Å². The summed E-state index contributed by atoms with van der Waals surface area (Å²) in [6, 6.07) is 15.9. The van der Waals surface area contributed by atoms with Crippen LogP contribution in [-0.4, -0.2) is 16.3 Å². The number of hydrogen-bond acceptors (Lipinski definition) is 3. The van der Waals surface area contributed by atoms with E-state index >= 15 is 0 Å². The van der Waals surface area contributed by atoms with Crippen LogP contribution in [0, 0.1) is 0 Å². The number of benzene rings is 2. The first-order valence-electron chi connectivity index (χ1n) is 5.93.